The summed E-state index contributed by atoms with van der Waals surface area (Å²) in [5, 5.41) is 4.51. The fourth-order valence-corrected chi connectivity index (χ4v) is 3.25. The van der Waals surface area contributed by atoms with Crippen molar-refractivity contribution in [2.24, 2.45) is 13.0 Å². The molecule has 0 saturated heterocycles. The van der Waals surface area contributed by atoms with Crippen LogP contribution in [0.5, 0.6) is 5.75 Å². The molecule has 1 heterocycles. The Morgan fingerprint density at radius 2 is 2.12 bits per heavy atom. The van der Waals surface area contributed by atoms with Gasteiger partial charge < -0.3 is 9.64 Å². The van der Waals surface area contributed by atoms with Crippen LogP contribution in [0.1, 0.15) is 30.7 Å². The van der Waals surface area contributed by atoms with Gasteiger partial charge in [-0.05, 0) is 50.3 Å². The van der Waals surface area contributed by atoms with Gasteiger partial charge >= 0.3 is 0 Å². The lowest BCUT2D eigenvalue weighted by Crippen LogP contribution is -2.38. The molecular weight excluding hydrogens is 326 g/mol. The van der Waals surface area contributed by atoms with Crippen molar-refractivity contribution < 1.29 is 9.53 Å². The number of aryl methyl sites for hydroxylation is 2. The fourth-order valence-electron chi connectivity index (χ4n) is 3.25. The third-order valence-electron chi connectivity index (χ3n) is 4.83. The zero-order valence-electron chi connectivity index (χ0n) is 15.6. The summed E-state index contributed by atoms with van der Waals surface area (Å²) in [5.41, 5.74) is 2.01. The van der Waals surface area contributed by atoms with Crippen molar-refractivity contribution in [2.45, 2.75) is 32.7 Å². The Labute approximate surface area is 155 Å². The number of carbonyl (C=O) groups excluding carboxylic acids is 1. The molecule has 5 nitrogen and oxygen atoms in total. The summed E-state index contributed by atoms with van der Waals surface area (Å²) in [6, 6.07) is 11.5. The lowest BCUT2D eigenvalue weighted by Gasteiger charge is -2.28. The van der Waals surface area contributed by atoms with Crippen molar-refractivity contribution in [3.63, 3.8) is 0 Å². The summed E-state index contributed by atoms with van der Waals surface area (Å²) >= 11 is 0. The summed E-state index contributed by atoms with van der Waals surface area (Å²) < 4.78 is 7.52. The first kappa shape index (κ1) is 18.2. The zero-order chi connectivity index (χ0) is 18.4. The van der Waals surface area contributed by atoms with Crippen LogP contribution in [0.25, 0.3) is 0 Å². The van der Waals surface area contributed by atoms with Gasteiger partial charge in [-0.2, -0.15) is 5.10 Å². The molecule has 1 aromatic heterocycles. The zero-order valence-corrected chi connectivity index (χ0v) is 15.6. The Morgan fingerprint density at radius 3 is 2.77 bits per heavy atom. The van der Waals surface area contributed by atoms with E-state index in [0.717, 1.165) is 42.9 Å². The van der Waals surface area contributed by atoms with Gasteiger partial charge in [0.25, 0.3) is 5.91 Å². The second kappa shape index (κ2) is 8.70. The van der Waals surface area contributed by atoms with E-state index in [0.29, 0.717) is 12.5 Å². The number of nitrogens with zero attached hydrogens (tertiary/aromatic N) is 3. The van der Waals surface area contributed by atoms with Crippen LogP contribution < -0.4 is 4.74 Å². The van der Waals surface area contributed by atoms with Gasteiger partial charge in [-0.1, -0.05) is 30.4 Å². The molecule has 5 heteroatoms. The first-order valence-electron chi connectivity index (χ1n) is 9.22. The average molecular weight is 353 g/mol. The van der Waals surface area contributed by atoms with Crippen LogP contribution in [0.15, 0.2) is 48.6 Å². The number of aromatic nitrogens is 2. The molecule has 1 aliphatic rings. The predicted octanol–water partition coefficient (Wildman–Crippen LogP) is 3.49. The highest BCUT2D eigenvalue weighted by Gasteiger charge is 2.21. The Morgan fingerprint density at radius 1 is 1.31 bits per heavy atom. The van der Waals surface area contributed by atoms with E-state index in [2.05, 4.69) is 17.3 Å². The molecule has 0 unspecified atom stereocenters. The van der Waals surface area contributed by atoms with Crippen LogP contribution in [0.4, 0.5) is 0 Å². The van der Waals surface area contributed by atoms with Crippen molar-refractivity contribution in [1.29, 1.82) is 0 Å². The van der Waals surface area contributed by atoms with E-state index >= 15 is 0 Å². The van der Waals surface area contributed by atoms with E-state index in [1.165, 1.54) is 0 Å². The number of para-hydroxylation sites is 1. The molecular formula is C21H27N3O2. The Balaban J connectivity index is 1.66. The van der Waals surface area contributed by atoms with Gasteiger partial charge in [0.1, 0.15) is 5.75 Å². The molecule has 0 bridgehead atoms. The maximum Gasteiger partial charge on any atom is 0.260 e. The maximum absolute atomic E-state index is 12.8. The summed E-state index contributed by atoms with van der Waals surface area (Å²) in [7, 11) is 1.93. The summed E-state index contributed by atoms with van der Waals surface area (Å²) in [6.45, 7) is 3.35. The number of rotatable bonds is 7. The summed E-state index contributed by atoms with van der Waals surface area (Å²) in [4.78, 5) is 14.7. The van der Waals surface area contributed by atoms with E-state index in [1.807, 2.05) is 60.0 Å². The number of ether oxygens (including phenoxy) is 1. The standard InChI is InChI=1S/C21H27N3O2/c1-17-13-19(22-23(17)2)15-24(14-18-9-5-3-6-10-18)21(25)16-26-20-11-7-4-8-12-20/h3-5,7-8,11-13,18H,6,9-10,14-16H2,1-2H3/t18-/m0/s1. The smallest absolute Gasteiger partial charge is 0.260 e. The molecule has 1 amide bonds. The third-order valence-corrected chi connectivity index (χ3v) is 4.83. The van der Waals surface area contributed by atoms with E-state index in [1.54, 1.807) is 0 Å². The van der Waals surface area contributed by atoms with Crippen LogP contribution in [-0.4, -0.2) is 33.7 Å². The molecule has 0 fully saturated rings. The van der Waals surface area contributed by atoms with E-state index < -0.39 is 0 Å². The molecule has 0 radical (unpaired) electrons. The molecule has 0 saturated carbocycles. The molecule has 138 valence electrons. The number of carbonyl (C=O) groups is 1. The molecule has 0 aliphatic heterocycles. The molecule has 1 atom stereocenters. The second-order valence-electron chi connectivity index (χ2n) is 6.93. The highest BCUT2D eigenvalue weighted by Crippen LogP contribution is 2.20. The molecule has 0 spiro atoms. The minimum absolute atomic E-state index is 0.00622. The SMILES string of the molecule is Cc1cc(CN(C[C@H]2CC=CCC2)C(=O)COc2ccccc2)nn1C. The lowest BCUT2D eigenvalue weighted by molar-refractivity contribution is -0.134. The monoisotopic (exact) mass is 353 g/mol. The molecule has 0 N–H and O–H groups in total. The number of amides is 1. The number of allylic oxidation sites excluding steroid dienone is 2. The molecule has 1 aliphatic carbocycles. The van der Waals surface area contributed by atoms with Gasteiger partial charge in [0.2, 0.25) is 0 Å². The van der Waals surface area contributed by atoms with Crippen molar-refractivity contribution in [1.82, 2.24) is 14.7 Å². The van der Waals surface area contributed by atoms with Crippen LogP contribution in [0, 0.1) is 12.8 Å². The maximum atomic E-state index is 12.8. The van der Waals surface area contributed by atoms with Crippen molar-refractivity contribution in [3.05, 3.63) is 59.9 Å². The van der Waals surface area contributed by atoms with Crippen LogP contribution in [-0.2, 0) is 18.4 Å². The Hall–Kier alpha value is -2.56. The summed E-state index contributed by atoms with van der Waals surface area (Å²) in [6.07, 6.45) is 7.70. The number of benzene rings is 1. The van der Waals surface area contributed by atoms with Crippen LogP contribution in [0.3, 0.4) is 0 Å². The van der Waals surface area contributed by atoms with Gasteiger partial charge in [0, 0.05) is 19.3 Å². The van der Waals surface area contributed by atoms with Crippen molar-refractivity contribution in [3.8, 4) is 5.75 Å². The first-order valence-corrected chi connectivity index (χ1v) is 9.22. The van der Waals surface area contributed by atoms with Crippen LogP contribution >= 0.6 is 0 Å². The first-order chi connectivity index (χ1) is 12.6. The Bertz CT molecular complexity index is 732. The van der Waals surface area contributed by atoms with Gasteiger partial charge in [0.15, 0.2) is 6.61 Å². The largest absolute Gasteiger partial charge is 0.484 e. The van der Waals surface area contributed by atoms with Gasteiger partial charge in [0.05, 0.1) is 12.2 Å². The number of hydrogen-bond acceptors (Lipinski definition) is 3. The normalized spacial score (nSPS) is 16.5. The highest BCUT2D eigenvalue weighted by atomic mass is 16.5. The van der Waals surface area contributed by atoms with Crippen molar-refractivity contribution in [2.75, 3.05) is 13.2 Å². The van der Waals surface area contributed by atoms with E-state index in [-0.39, 0.29) is 12.5 Å². The molecule has 3 rings (SSSR count). The topological polar surface area (TPSA) is 47.4 Å². The third kappa shape index (κ3) is 4.97. The Kier molecular flexibility index (Phi) is 6.10. The minimum Gasteiger partial charge on any atom is -0.484 e. The van der Waals surface area contributed by atoms with E-state index in [4.69, 9.17) is 4.74 Å². The molecule has 2 aromatic rings. The minimum atomic E-state index is 0.00622. The second-order valence-corrected chi connectivity index (χ2v) is 6.93. The lowest BCUT2D eigenvalue weighted by atomic mass is 9.94. The number of hydrogen-bond donors (Lipinski definition) is 0. The molecule has 26 heavy (non-hydrogen) atoms. The predicted molar refractivity (Wildman–Crippen MR) is 102 cm³/mol. The average Bonchev–Trinajstić information content (AvgIpc) is 2.98. The summed E-state index contributed by atoms with van der Waals surface area (Å²) in [5.74, 6) is 1.23. The van der Waals surface area contributed by atoms with Crippen molar-refractivity contribution >= 4 is 5.91 Å². The van der Waals surface area contributed by atoms with E-state index in [9.17, 15) is 4.79 Å². The van der Waals surface area contributed by atoms with Gasteiger partial charge in [-0.15, -0.1) is 0 Å². The highest BCUT2D eigenvalue weighted by molar-refractivity contribution is 5.77. The van der Waals surface area contributed by atoms with Gasteiger partial charge in [-0.3, -0.25) is 9.48 Å². The fraction of sp³-hybridized carbons (Fsp3) is 0.429. The molecule has 1 aromatic carbocycles. The van der Waals surface area contributed by atoms with Gasteiger partial charge in [-0.25, -0.2) is 0 Å². The van der Waals surface area contributed by atoms with Crippen LogP contribution in [0.2, 0.25) is 0 Å². The quantitative estimate of drug-likeness (QED) is 0.716.